The molecule has 0 saturated carbocycles. The SMILES string of the molecule is O=C1C=CC(=C2N=C(c3ccco3)C(c3ccco3)=N2)C2=C1O2. The molecule has 0 bridgehead atoms. The molecule has 6 heteroatoms. The number of furan rings is 2. The van der Waals surface area contributed by atoms with E-state index in [0.717, 1.165) is 0 Å². The summed E-state index contributed by atoms with van der Waals surface area (Å²) in [5.74, 6) is 2.44. The lowest BCUT2D eigenvalue weighted by Crippen LogP contribution is -2.12. The van der Waals surface area contributed by atoms with Gasteiger partial charge in [0.05, 0.1) is 18.1 Å². The van der Waals surface area contributed by atoms with Crippen LogP contribution in [0.15, 0.2) is 90.7 Å². The van der Waals surface area contributed by atoms with Crippen molar-refractivity contribution in [2.24, 2.45) is 9.98 Å². The maximum absolute atomic E-state index is 11.5. The molecule has 0 amide bonds. The van der Waals surface area contributed by atoms with Crippen LogP contribution in [0.1, 0.15) is 11.5 Å². The minimum atomic E-state index is -0.132. The summed E-state index contributed by atoms with van der Waals surface area (Å²) in [5, 5.41) is 0. The summed E-state index contributed by atoms with van der Waals surface area (Å²) in [7, 11) is 0. The molecule has 0 atom stereocenters. The topological polar surface area (TPSA) is 80.6 Å². The third kappa shape index (κ3) is 1.78. The fourth-order valence-corrected chi connectivity index (χ4v) is 2.54. The van der Waals surface area contributed by atoms with Gasteiger partial charge in [0.1, 0.15) is 11.4 Å². The van der Waals surface area contributed by atoms with Gasteiger partial charge in [-0.3, -0.25) is 4.79 Å². The number of carbonyl (C=O) groups is 1. The van der Waals surface area contributed by atoms with E-state index in [2.05, 4.69) is 9.98 Å². The zero-order valence-electron chi connectivity index (χ0n) is 11.6. The number of ether oxygens (including phenoxy) is 1. The molecule has 5 rings (SSSR count). The third-order valence-corrected chi connectivity index (χ3v) is 3.65. The van der Waals surface area contributed by atoms with Gasteiger partial charge in [-0.25, -0.2) is 9.98 Å². The second-order valence-electron chi connectivity index (χ2n) is 5.07. The van der Waals surface area contributed by atoms with Gasteiger partial charge in [0.15, 0.2) is 23.1 Å². The lowest BCUT2D eigenvalue weighted by atomic mass is 10.1. The van der Waals surface area contributed by atoms with E-state index in [0.29, 0.717) is 45.9 Å². The molecule has 2 aromatic heterocycles. The Labute approximate surface area is 129 Å². The molecule has 0 radical (unpaired) electrons. The average Bonchev–Trinajstić information content (AvgIpc) is 3.01. The van der Waals surface area contributed by atoms with Crippen LogP contribution < -0.4 is 0 Å². The van der Waals surface area contributed by atoms with Crippen LogP contribution in [0.2, 0.25) is 0 Å². The first kappa shape index (κ1) is 12.2. The second kappa shape index (κ2) is 4.30. The molecule has 0 fully saturated rings. The number of rotatable bonds is 2. The molecular formula is C17H8N2O4. The molecule has 0 aromatic carbocycles. The Balaban J connectivity index is 1.69. The molecular weight excluding hydrogens is 296 g/mol. The number of hydrogen-bond donors (Lipinski definition) is 0. The molecule has 2 aliphatic heterocycles. The van der Waals surface area contributed by atoms with Gasteiger partial charge >= 0.3 is 0 Å². The quantitative estimate of drug-likeness (QED) is 0.854. The molecule has 110 valence electrons. The van der Waals surface area contributed by atoms with Crippen LogP contribution in [0.5, 0.6) is 0 Å². The van der Waals surface area contributed by atoms with Crippen molar-refractivity contribution in [2.45, 2.75) is 0 Å². The molecule has 6 nitrogen and oxygen atoms in total. The third-order valence-electron chi connectivity index (χ3n) is 3.65. The second-order valence-corrected chi connectivity index (χ2v) is 5.07. The van der Waals surface area contributed by atoms with Gasteiger partial charge in [-0.2, -0.15) is 0 Å². The maximum atomic E-state index is 11.5. The van der Waals surface area contributed by atoms with Gasteiger partial charge in [-0.15, -0.1) is 0 Å². The summed E-state index contributed by atoms with van der Waals surface area (Å²) in [4.78, 5) is 20.6. The Kier molecular flexibility index (Phi) is 2.27. The van der Waals surface area contributed by atoms with E-state index in [-0.39, 0.29) is 5.78 Å². The number of nitrogens with zero attached hydrogens (tertiary/aromatic N) is 2. The molecule has 2 aromatic rings. The van der Waals surface area contributed by atoms with Crippen LogP contribution in [0.3, 0.4) is 0 Å². The predicted molar refractivity (Wildman–Crippen MR) is 79.8 cm³/mol. The molecule has 3 aliphatic rings. The van der Waals surface area contributed by atoms with Crippen LogP contribution in [0.4, 0.5) is 0 Å². The number of allylic oxidation sites excluding steroid dienone is 2. The fourth-order valence-electron chi connectivity index (χ4n) is 2.54. The van der Waals surface area contributed by atoms with Crippen molar-refractivity contribution in [1.29, 1.82) is 0 Å². The van der Waals surface area contributed by atoms with E-state index in [1.54, 1.807) is 30.7 Å². The minimum absolute atomic E-state index is 0.132. The Morgan fingerprint density at radius 1 is 0.826 bits per heavy atom. The Hall–Kier alpha value is -3.41. The summed E-state index contributed by atoms with van der Waals surface area (Å²) in [6, 6.07) is 7.19. The van der Waals surface area contributed by atoms with E-state index >= 15 is 0 Å². The van der Waals surface area contributed by atoms with Crippen molar-refractivity contribution >= 4 is 17.2 Å². The molecule has 23 heavy (non-hydrogen) atoms. The van der Waals surface area contributed by atoms with Crippen molar-refractivity contribution in [3.05, 3.63) is 83.4 Å². The lowest BCUT2D eigenvalue weighted by molar-refractivity contribution is -0.112. The van der Waals surface area contributed by atoms with E-state index in [1.165, 1.54) is 6.08 Å². The number of carbonyl (C=O) groups excluding carboxylic acids is 1. The fraction of sp³-hybridized carbons (Fsp3) is 0. The van der Waals surface area contributed by atoms with E-state index in [9.17, 15) is 4.79 Å². The monoisotopic (exact) mass is 304 g/mol. The smallest absolute Gasteiger partial charge is 0.225 e. The van der Waals surface area contributed by atoms with E-state index in [4.69, 9.17) is 13.6 Å². The van der Waals surface area contributed by atoms with E-state index < -0.39 is 0 Å². The molecule has 1 aliphatic carbocycles. The summed E-state index contributed by atoms with van der Waals surface area (Å²) in [6.07, 6.45) is 6.27. The number of ketones is 1. The van der Waals surface area contributed by atoms with Gasteiger partial charge in [-0.05, 0) is 36.4 Å². The van der Waals surface area contributed by atoms with Crippen molar-refractivity contribution in [1.82, 2.24) is 0 Å². The lowest BCUT2D eigenvalue weighted by Gasteiger charge is -1.97. The van der Waals surface area contributed by atoms with Crippen LogP contribution in [-0.2, 0) is 9.53 Å². The molecule has 0 unspecified atom stereocenters. The normalized spacial score (nSPS) is 18.9. The summed E-state index contributed by atoms with van der Waals surface area (Å²) >= 11 is 0. The van der Waals surface area contributed by atoms with Crippen LogP contribution >= 0.6 is 0 Å². The number of hydrogen-bond acceptors (Lipinski definition) is 6. The molecule has 4 heterocycles. The van der Waals surface area contributed by atoms with Gasteiger partial charge < -0.3 is 13.6 Å². The summed E-state index contributed by atoms with van der Waals surface area (Å²) in [5.41, 5.74) is 1.85. The number of aliphatic imine (C=N–C) groups is 2. The van der Waals surface area contributed by atoms with Gasteiger partial charge in [-0.1, -0.05) is 0 Å². The first-order valence-corrected chi connectivity index (χ1v) is 6.96. The largest absolute Gasteiger partial charge is 0.463 e. The van der Waals surface area contributed by atoms with Crippen molar-refractivity contribution in [3.63, 3.8) is 0 Å². The molecule has 0 saturated heterocycles. The Bertz CT molecular complexity index is 931. The van der Waals surface area contributed by atoms with Gasteiger partial charge in [0, 0.05) is 0 Å². The first-order valence-electron chi connectivity index (χ1n) is 6.96. The van der Waals surface area contributed by atoms with Crippen molar-refractivity contribution in [3.8, 4) is 0 Å². The standard InChI is InChI=1S/C17H8N2O4/c20-10-6-5-9(15-16(10)23-15)17-18-13(11-3-1-7-21-11)14(19-17)12-4-2-8-22-12/h1-8H. The van der Waals surface area contributed by atoms with Crippen molar-refractivity contribution < 1.29 is 18.4 Å². The highest BCUT2D eigenvalue weighted by Gasteiger charge is 2.39. The Morgan fingerprint density at radius 2 is 1.48 bits per heavy atom. The minimum Gasteiger partial charge on any atom is -0.463 e. The van der Waals surface area contributed by atoms with Crippen LogP contribution in [0, 0.1) is 0 Å². The highest BCUT2D eigenvalue weighted by atomic mass is 16.6. The summed E-state index contributed by atoms with van der Waals surface area (Å²) in [6.45, 7) is 0. The van der Waals surface area contributed by atoms with E-state index in [1.807, 2.05) is 12.1 Å². The summed E-state index contributed by atoms with van der Waals surface area (Å²) < 4.78 is 16.1. The highest BCUT2D eigenvalue weighted by molar-refractivity contribution is 6.53. The van der Waals surface area contributed by atoms with Crippen LogP contribution in [-0.4, -0.2) is 17.2 Å². The van der Waals surface area contributed by atoms with Gasteiger partial charge in [0.2, 0.25) is 11.5 Å². The highest BCUT2D eigenvalue weighted by Crippen LogP contribution is 2.40. The first-order chi connectivity index (χ1) is 11.3. The average molecular weight is 304 g/mol. The molecule has 0 N–H and O–H groups in total. The van der Waals surface area contributed by atoms with Crippen LogP contribution in [0.25, 0.3) is 0 Å². The Morgan fingerprint density at radius 3 is 2.04 bits per heavy atom. The predicted octanol–water partition coefficient (Wildman–Crippen LogP) is 2.76. The molecule has 0 spiro atoms. The zero-order valence-corrected chi connectivity index (χ0v) is 11.6. The van der Waals surface area contributed by atoms with Gasteiger partial charge in [0.25, 0.3) is 0 Å². The zero-order chi connectivity index (χ0) is 15.4. The van der Waals surface area contributed by atoms with Crippen molar-refractivity contribution in [2.75, 3.05) is 0 Å². The maximum Gasteiger partial charge on any atom is 0.225 e.